The van der Waals surface area contributed by atoms with Gasteiger partial charge in [-0.2, -0.15) is 22.0 Å². The Hall–Kier alpha value is -2.79. The van der Waals surface area contributed by atoms with Crippen molar-refractivity contribution in [1.29, 1.82) is 0 Å². The number of guanidine groups is 1. The summed E-state index contributed by atoms with van der Waals surface area (Å²) < 4.78 is 72.6. The van der Waals surface area contributed by atoms with Gasteiger partial charge in [0.2, 0.25) is 5.91 Å². The highest BCUT2D eigenvalue weighted by atomic mass is 19.4. The predicted octanol–water partition coefficient (Wildman–Crippen LogP) is 2.76. The third-order valence-electron chi connectivity index (χ3n) is 3.57. The number of carbonyl (C=O) groups excluding carboxylic acids is 1. The lowest BCUT2D eigenvalue weighted by molar-refractivity contribution is -0.157. The van der Waals surface area contributed by atoms with Crippen molar-refractivity contribution >= 4 is 11.9 Å². The molecule has 0 aliphatic heterocycles. The quantitative estimate of drug-likeness (QED) is 0.333. The van der Waals surface area contributed by atoms with Crippen LogP contribution in [0.5, 0.6) is 11.5 Å². The molecular weight excluding hydrogens is 415 g/mol. The molecule has 0 bridgehead atoms. The zero-order valence-corrected chi connectivity index (χ0v) is 16.9. The van der Waals surface area contributed by atoms with Crippen molar-refractivity contribution in [2.45, 2.75) is 33.2 Å². The molecule has 0 atom stereocenters. The second-order valence-electron chi connectivity index (χ2n) is 5.97. The first kappa shape index (κ1) is 25.2. The Bertz CT molecular complexity index is 714. The second-order valence-corrected chi connectivity index (χ2v) is 5.97. The summed E-state index contributed by atoms with van der Waals surface area (Å²) in [4.78, 5) is 16.6. The number of rotatable bonds is 10. The topological polar surface area (TPSA) is 75.2 Å². The van der Waals surface area contributed by atoms with Crippen LogP contribution < -0.4 is 20.1 Å². The molecule has 0 unspecified atom stereocenters. The largest absolute Gasteiger partial charge is 0.490 e. The predicted molar refractivity (Wildman–Crippen MR) is 101 cm³/mol. The Morgan fingerprint density at radius 3 is 2.50 bits per heavy atom. The molecule has 30 heavy (non-hydrogen) atoms. The molecule has 7 nitrogen and oxygen atoms in total. The number of nitrogens with one attached hydrogen (secondary N) is 2. The van der Waals surface area contributed by atoms with Gasteiger partial charge in [-0.3, -0.25) is 4.79 Å². The average Bonchev–Trinajstić information content (AvgIpc) is 2.64. The van der Waals surface area contributed by atoms with E-state index < -0.39 is 31.8 Å². The fourth-order valence-corrected chi connectivity index (χ4v) is 2.34. The van der Waals surface area contributed by atoms with Crippen LogP contribution in [0.25, 0.3) is 0 Å². The molecule has 0 radical (unpaired) electrons. The van der Waals surface area contributed by atoms with Crippen LogP contribution in [0.1, 0.15) is 19.4 Å². The molecule has 0 spiro atoms. The summed E-state index contributed by atoms with van der Waals surface area (Å²) in [5.74, 6) is -0.698. The molecule has 0 heterocycles. The lowest BCUT2D eigenvalue weighted by Gasteiger charge is -2.20. The Kier molecular flexibility index (Phi) is 10.1. The van der Waals surface area contributed by atoms with E-state index in [4.69, 9.17) is 4.74 Å². The van der Waals surface area contributed by atoms with E-state index in [9.17, 15) is 26.7 Å². The highest BCUT2D eigenvalue weighted by Crippen LogP contribution is 2.33. The maximum Gasteiger partial charge on any atom is 0.406 e. The van der Waals surface area contributed by atoms with Crippen molar-refractivity contribution in [2.75, 3.05) is 33.3 Å². The molecule has 0 fully saturated rings. The van der Waals surface area contributed by atoms with Crippen LogP contribution in [-0.2, 0) is 11.3 Å². The van der Waals surface area contributed by atoms with E-state index in [-0.39, 0.29) is 30.6 Å². The van der Waals surface area contributed by atoms with Gasteiger partial charge < -0.3 is 25.0 Å². The minimum Gasteiger partial charge on any atom is -0.490 e. The smallest absolute Gasteiger partial charge is 0.406 e. The average molecular weight is 440 g/mol. The van der Waals surface area contributed by atoms with Crippen LogP contribution in [0.4, 0.5) is 22.0 Å². The maximum absolute atomic E-state index is 12.8. The SMILES string of the molecule is CCNC(=NCc1cccc(OCC)c1OC(F)F)NCC(=O)N(C)CC(F)(F)F. The van der Waals surface area contributed by atoms with Gasteiger partial charge >= 0.3 is 12.8 Å². The van der Waals surface area contributed by atoms with E-state index in [2.05, 4.69) is 20.4 Å². The third-order valence-corrected chi connectivity index (χ3v) is 3.57. The number of ether oxygens (including phenoxy) is 2. The highest BCUT2D eigenvalue weighted by Gasteiger charge is 2.31. The summed E-state index contributed by atoms with van der Waals surface area (Å²) in [6.45, 7) is -0.903. The standard InChI is InChI=1S/C18H25F5N4O3/c1-4-24-17(26-10-14(28)27(3)11-18(21,22)23)25-9-12-7-6-8-13(29-5-2)15(12)30-16(19)20/h6-8,16H,4-5,9-11H2,1-3H3,(H2,24,25,26). The van der Waals surface area contributed by atoms with Crippen LogP contribution in [0.3, 0.4) is 0 Å². The number of alkyl halides is 5. The van der Waals surface area contributed by atoms with E-state index in [0.717, 1.165) is 7.05 Å². The van der Waals surface area contributed by atoms with E-state index in [1.807, 2.05) is 0 Å². The Morgan fingerprint density at radius 1 is 1.23 bits per heavy atom. The first-order valence-electron chi connectivity index (χ1n) is 9.09. The summed E-state index contributed by atoms with van der Waals surface area (Å²) in [5.41, 5.74) is 0.305. The number of likely N-dealkylation sites (N-methyl/N-ethyl adjacent to an activating group) is 1. The lowest BCUT2D eigenvalue weighted by Crippen LogP contribution is -2.45. The number of nitrogens with zero attached hydrogens (tertiary/aromatic N) is 2. The summed E-state index contributed by atoms with van der Waals surface area (Å²) in [7, 11) is 1.04. The van der Waals surface area contributed by atoms with Gasteiger partial charge in [-0.1, -0.05) is 12.1 Å². The molecular formula is C18H25F5N4O3. The molecule has 170 valence electrons. The molecule has 12 heteroatoms. The van der Waals surface area contributed by atoms with Crippen molar-refractivity contribution < 1.29 is 36.2 Å². The number of carbonyl (C=O) groups is 1. The monoisotopic (exact) mass is 440 g/mol. The fourth-order valence-electron chi connectivity index (χ4n) is 2.34. The van der Waals surface area contributed by atoms with Gasteiger partial charge in [0.25, 0.3) is 0 Å². The molecule has 1 aromatic rings. The number of halogens is 5. The Balaban J connectivity index is 2.90. The molecule has 1 aromatic carbocycles. The van der Waals surface area contributed by atoms with Crippen molar-refractivity contribution in [1.82, 2.24) is 15.5 Å². The summed E-state index contributed by atoms with van der Waals surface area (Å²) in [6, 6.07) is 4.59. The summed E-state index contributed by atoms with van der Waals surface area (Å²) in [5, 5.41) is 5.44. The van der Waals surface area contributed by atoms with Crippen LogP contribution in [-0.4, -0.2) is 62.8 Å². The first-order chi connectivity index (χ1) is 14.1. The Labute approximate surface area is 171 Å². The van der Waals surface area contributed by atoms with Gasteiger partial charge in [-0.05, 0) is 19.9 Å². The van der Waals surface area contributed by atoms with Crippen LogP contribution in [0.15, 0.2) is 23.2 Å². The van der Waals surface area contributed by atoms with Gasteiger partial charge in [0.05, 0.1) is 19.7 Å². The fraction of sp³-hybridized carbons (Fsp3) is 0.556. The highest BCUT2D eigenvalue weighted by molar-refractivity contribution is 5.86. The lowest BCUT2D eigenvalue weighted by atomic mass is 10.2. The number of amides is 1. The molecule has 0 saturated heterocycles. The molecule has 2 N–H and O–H groups in total. The number of hydrogen-bond donors (Lipinski definition) is 2. The van der Waals surface area contributed by atoms with E-state index in [1.54, 1.807) is 19.9 Å². The van der Waals surface area contributed by atoms with Gasteiger partial charge in [0, 0.05) is 19.2 Å². The summed E-state index contributed by atoms with van der Waals surface area (Å²) >= 11 is 0. The number of benzene rings is 1. The first-order valence-corrected chi connectivity index (χ1v) is 9.09. The van der Waals surface area contributed by atoms with Crippen molar-refractivity contribution in [3.05, 3.63) is 23.8 Å². The Morgan fingerprint density at radius 2 is 1.93 bits per heavy atom. The van der Waals surface area contributed by atoms with Crippen molar-refractivity contribution in [3.8, 4) is 11.5 Å². The molecule has 1 rings (SSSR count). The zero-order chi connectivity index (χ0) is 22.7. The maximum atomic E-state index is 12.8. The van der Waals surface area contributed by atoms with E-state index >= 15 is 0 Å². The second kappa shape index (κ2) is 12.0. The minimum absolute atomic E-state index is 0.106. The van der Waals surface area contributed by atoms with Crippen LogP contribution in [0.2, 0.25) is 0 Å². The molecule has 0 aliphatic rings. The molecule has 0 aromatic heterocycles. The minimum atomic E-state index is -4.50. The van der Waals surface area contributed by atoms with Crippen LogP contribution >= 0.6 is 0 Å². The number of hydrogen-bond acceptors (Lipinski definition) is 4. The van der Waals surface area contributed by atoms with Gasteiger partial charge in [0.1, 0.15) is 6.54 Å². The van der Waals surface area contributed by atoms with Crippen molar-refractivity contribution in [2.24, 2.45) is 4.99 Å². The van der Waals surface area contributed by atoms with Crippen molar-refractivity contribution in [3.63, 3.8) is 0 Å². The normalized spacial score (nSPS) is 12.0. The summed E-state index contributed by atoms with van der Waals surface area (Å²) in [6.07, 6.45) is -4.50. The number of para-hydroxylation sites is 1. The molecule has 1 amide bonds. The van der Waals surface area contributed by atoms with Gasteiger partial charge in [-0.25, -0.2) is 4.99 Å². The zero-order valence-electron chi connectivity index (χ0n) is 16.9. The third kappa shape index (κ3) is 9.14. The van der Waals surface area contributed by atoms with Gasteiger partial charge in [0.15, 0.2) is 17.5 Å². The number of aliphatic imine (C=N–C) groups is 1. The molecule has 0 saturated carbocycles. The van der Waals surface area contributed by atoms with E-state index in [0.29, 0.717) is 17.0 Å². The van der Waals surface area contributed by atoms with Crippen LogP contribution in [0, 0.1) is 0 Å². The van der Waals surface area contributed by atoms with E-state index in [1.165, 1.54) is 12.1 Å². The van der Waals surface area contributed by atoms with Gasteiger partial charge in [-0.15, -0.1) is 0 Å². The molecule has 0 aliphatic carbocycles.